The maximum Gasteiger partial charge on any atom is 0.336 e. The van der Waals surface area contributed by atoms with Gasteiger partial charge in [-0.3, -0.25) is 4.79 Å². The summed E-state index contributed by atoms with van der Waals surface area (Å²) in [6.07, 6.45) is 1.02. The first-order valence-corrected chi connectivity index (χ1v) is 10.6. The molecule has 0 saturated carbocycles. The van der Waals surface area contributed by atoms with E-state index in [0.29, 0.717) is 39.8 Å². The van der Waals surface area contributed by atoms with Gasteiger partial charge in [0.15, 0.2) is 0 Å². The monoisotopic (exact) mass is 452 g/mol. The fraction of sp³-hybridized carbons (Fsp3) is 0.250. The first-order valence-electron chi connectivity index (χ1n) is 10.2. The molecule has 0 aliphatic heterocycles. The number of hydrogen-bond acceptors (Lipinski definition) is 7. The highest BCUT2D eigenvalue weighted by atomic mass is 35.5. The van der Waals surface area contributed by atoms with Gasteiger partial charge in [0.1, 0.15) is 12.2 Å². The summed E-state index contributed by atoms with van der Waals surface area (Å²) >= 11 is 6.30. The Bertz CT molecular complexity index is 1320. The molecule has 0 spiro atoms. The molecule has 2 heterocycles. The third kappa shape index (κ3) is 4.89. The number of benzene rings is 2. The zero-order chi connectivity index (χ0) is 22.7. The number of ether oxygens (including phenoxy) is 1. The summed E-state index contributed by atoms with van der Waals surface area (Å²) in [5, 5.41) is 9.23. The van der Waals surface area contributed by atoms with E-state index in [-0.39, 0.29) is 19.4 Å². The van der Waals surface area contributed by atoms with Crippen LogP contribution in [0.3, 0.4) is 0 Å². The number of esters is 1. The highest BCUT2D eigenvalue weighted by Crippen LogP contribution is 2.26. The minimum atomic E-state index is -0.512. The molecule has 0 radical (unpaired) electrons. The van der Waals surface area contributed by atoms with Crippen LogP contribution in [-0.2, 0) is 29.0 Å². The second kappa shape index (κ2) is 9.36. The molecular weight excluding hydrogens is 432 g/mol. The largest absolute Gasteiger partial charge is 0.461 e. The molecule has 164 valence electrons. The molecule has 0 aliphatic carbocycles. The van der Waals surface area contributed by atoms with Crippen molar-refractivity contribution in [3.05, 3.63) is 80.5 Å². The number of halogens is 1. The van der Waals surface area contributed by atoms with E-state index in [2.05, 4.69) is 10.2 Å². The average Bonchev–Trinajstić information content (AvgIpc) is 3.25. The quantitative estimate of drug-likeness (QED) is 0.286. The van der Waals surface area contributed by atoms with Crippen LogP contribution in [0.2, 0.25) is 5.02 Å². The number of hydrogen-bond donors (Lipinski definition) is 0. The Morgan fingerprint density at radius 1 is 1.06 bits per heavy atom. The molecule has 0 unspecified atom stereocenters. The second-order valence-corrected chi connectivity index (χ2v) is 7.82. The molecule has 0 fully saturated rings. The average molecular weight is 453 g/mol. The molecule has 0 bridgehead atoms. The van der Waals surface area contributed by atoms with Gasteiger partial charge in [0.05, 0.1) is 6.42 Å². The fourth-order valence-electron chi connectivity index (χ4n) is 3.29. The van der Waals surface area contributed by atoms with Crippen molar-refractivity contribution in [3.63, 3.8) is 0 Å². The topological polar surface area (TPSA) is 95.4 Å². The summed E-state index contributed by atoms with van der Waals surface area (Å²) in [6, 6.07) is 12.5. The Hall–Kier alpha value is -3.45. The number of nitrogens with zero attached hydrogens (tertiary/aromatic N) is 2. The lowest BCUT2D eigenvalue weighted by Gasteiger charge is -2.09. The molecule has 2 aromatic heterocycles. The molecule has 0 N–H and O–H groups in total. The molecule has 8 heteroatoms. The standard InChI is InChI=1S/C24H21ClN2O5/c1-3-15-10-20-18(12-19(15)25)17(11-23(29)31-20)13-30-22(28)9-8-21-26-27-24(32-21)16-6-4-14(2)5-7-16/h4-7,10-12H,3,8-9,13H2,1-2H3. The highest BCUT2D eigenvalue weighted by Gasteiger charge is 2.14. The van der Waals surface area contributed by atoms with Crippen molar-refractivity contribution in [1.82, 2.24) is 10.2 Å². The molecule has 0 atom stereocenters. The van der Waals surface area contributed by atoms with Crippen LogP contribution in [0.15, 0.2) is 56.1 Å². The van der Waals surface area contributed by atoms with Gasteiger partial charge in [0.2, 0.25) is 11.8 Å². The summed E-state index contributed by atoms with van der Waals surface area (Å²) in [6.45, 7) is 3.89. The fourth-order valence-corrected chi connectivity index (χ4v) is 3.58. The maximum absolute atomic E-state index is 12.3. The molecule has 2 aromatic carbocycles. The van der Waals surface area contributed by atoms with Gasteiger partial charge in [-0.05, 0) is 43.2 Å². The third-order valence-electron chi connectivity index (χ3n) is 5.08. The van der Waals surface area contributed by atoms with Gasteiger partial charge in [-0.25, -0.2) is 4.79 Å². The minimum Gasteiger partial charge on any atom is -0.461 e. The SMILES string of the molecule is CCc1cc2oc(=O)cc(COC(=O)CCc3nnc(-c4ccc(C)cc4)o3)c2cc1Cl. The number of fused-ring (bicyclic) bond motifs is 1. The van der Waals surface area contributed by atoms with Crippen LogP contribution in [0.25, 0.3) is 22.4 Å². The summed E-state index contributed by atoms with van der Waals surface area (Å²) in [5.74, 6) is 0.305. The summed E-state index contributed by atoms with van der Waals surface area (Å²) in [4.78, 5) is 24.2. The van der Waals surface area contributed by atoms with E-state index in [4.69, 9.17) is 25.2 Å². The van der Waals surface area contributed by atoms with Gasteiger partial charge >= 0.3 is 11.6 Å². The third-order valence-corrected chi connectivity index (χ3v) is 5.43. The molecule has 4 aromatic rings. The van der Waals surface area contributed by atoms with E-state index in [9.17, 15) is 9.59 Å². The molecule has 0 saturated heterocycles. The molecule has 4 rings (SSSR count). The van der Waals surface area contributed by atoms with Crippen molar-refractivity contribution in [2.75, 3.05) is 0 Å². The number of rotatable bonds is 7. The molecule has 32 heavy (non-hydrogen) atoms. The van der Waals surface area contributed by atoms with Crippen LogP contribution in [0.5, 0.6) is 0 Å². The predicted octanol–water partition coefficient (Wildman–Crippen LogP) is 5.04. The Morgan fingerprint density at radius 3 is 2.59 bits per heavy atom. The van der Waals surface area contributed by atoms with Crippen molar-refractivity contribution in [2.24, 2.45) is 0 Å². The van der Waals surface area contributed by atoms with E-state index >= 15 is 0 Å². The number of carbonyl (C=O) groups is 1. The lowest BCUT2D eigenvalue weighted by Crippen LogP contribution is -2.08. The van der Waals surface area contributed by atoms with E-state index in [1.807, 2.05) is 38.1 Å². The summed E-state index contributed by atoms with van der Waals surface area (Å²) < 4.78 is 16.3. The zero-order valence-corrected chi connectivity index (χ0v) is 18.4. The Morgan fingerprint density at radius 2 is 1.84 bits per heavy atom. The van der Waals surface area contributed by atoms with Gasteiger partial charge in [0, 0.05) is 34.0 Å². The lowest BCUT2D eigenvalue weighted by molar-refractivity contribution is -0.144. The number of aryl methyl sites for hydroxylation is 3. The zero-order valence-electron chi connectivity index (χ0n) is 17.7. The molecule has 0 aliphatic rings. The van der Waals surface area contributed by atoms with E-state index in [1.54, 1.807) is 12.1 Å². The lowest BCUT2D eigenvalue weighted by atomic mass is 10.1. The Kier molecular flexibility index (Phi) is 6.37. The van der Waals surface area contributed by atoms with Crippen molar-refractivity contribution in [2.45, 2.75) is 39.7 Å². The van der Waals surface area contributed by atoms with Crippen molar-refractivity contribution in [1.29, 1.82) is 0 Å². The Labute approximate surface area is 189 Å². The first-order chi connectivity index (χ1) is 15.4. The molecular formula is C24H21ClN2O5. The van der Waals surface area contributed by atoms with Gasteiger partial charge in [-0.1, -0.05) is 36.2 Å². The van der Waals surface area contributed by atoms with Gasteiger partial charge < -0.3 is 13.6 Å². The van der Waals surface area contributed by atoms with Crippen molar-refractivity contribution in [3.8, 4) is 11.5 Å². The van der Waals surface area contributed by atoms with Crippen LogP contribution in [0.4, 0.5) is 0 Å². The van der Waals surface area contributed by atoms with Crippen LogP contribution < -0.4 is 5.63 Å². The molecule has 0 amide bonds. The molecule has 7 nitrogen and oxygen atoms in total. The van der Waals surface area contributed by atoms with E-state index in [1.165, 1.54) is 6.07 Å². The highest BCUT2D eigenvalue weighted by molar-refractivity contribution is 6.32. The van der Waals surface area contributed by atoms with Gasteiger partial charge in [-0.15, -0.1) is 10.2 Å². The van der Waals surface area contributed by atoms with Gasteiger partial charge in [-0.2, -0.15) is 0 Å². The van der Waals surface area contributed by atoms with Gasteiger partial charge in [0.25, 0.3) is 0 Å². The Balaban J connectivity index is 1.39. The predicted molar refractivity (Wildman–Crippen MR) is 119 cm³/mol. The maximum atomic E-state index is 12.3. The van der Waals surface area contributed by atoms with E-state index < -0.39 is 11.6 Å². The van der Waals surface area contributed by atoms with Crippen molar-refractivity contribution < 1.29 is 18.4 Å². The smallest absolute Gasteiger partial charge is 0.336 e. The van der Waals surface area contributed by atoms with E-state index in [0.717, 1.165) is 16.7 Å². The second-order valence-electron chi connectivity index (χ2n) is 7.41. The van der Waals surface area contributed by atoms with Crippen LogP contribution in [-0.4, -0.2) is 16.2 Å². The minimum absolute atomic E-state index is 0.0651. The van der Waals surface area contributed by atoms with Crippen LogP contribution >= 0.6 is 11.6 Å². The van der Waals surface area contributed by atoms with Crippen molar-refractivity contribution >= 4 is 28.5 Å². The first kappa shape index (κ1) is 21.8. The number of aromatic nitrogens is 2. The summed E-state index contributed by atoms with van der Waals surface area (Å²) in [5.41, 5.74) is 3.27. The van der Waals surface area contributed by atoms with Crippen LogP contribution in [0, 0.1) is 6.92 Å². The number of carbonyl (C=O) groups excluding carboxylic acids is 1. The normalized spacial score (nSPS) is 11.1. The summed E-state index contributed by atoms with van der Waals surface area (Å²) in [7, 11) is 0. The van der Waals surface area contributed by atoms with Crippen LogP contribution in [0.1, 0.15) is 35.9 Å².